The van der Waals surface area contributed by atoms with Crippen LogP contribution in [0.1, 0.15) is 20.3 Å². The first-order valence-corrected chi connectivity index (χ1v) is 8.22. The number of hydrogen-bond acceptors (Lipinski definition) is 6. The molecule has 8 heteroatoms. The molecule has 2 atom stereocenters. The summed E-state index contributed by atoms with van der Waals surface area (Å²) in [6.07, 6.45) is 0.0191. The van der Waals surface area contributed by atoms with Crippen molar-refractivity contribution >= 4 is 35.2 Å². The van der Waals surface area contributed by atoms with Gasteiger partial charge in [0.05, 0.1) is 18.0 Å². The van der Waals surface area contributed by atoms with Crippen LogP contribution < -0.4 is 15.4 Å². The minimum Gasteiger partial charge on any atom is -0.497 e. The molecule has 1 saturated heterocycles. The molecule has 2 rings (SSSR count). The zero-order valence-electron chi connectivity index (χ0n) is 13.7. The second-order valence-corrected chi connectivity index (χ2v) is 7.85. The Hall–Kier alpha value is -2.06. The molecule has 0 bridgehead atoms. The predicted molar refractivity (Wildman–Crippen MR) is 91.2 cm³/mol. The number of aliphatic carboxylic acids is 1. The molecule has 1 aromatic rings. The van der Waals surface area contributed by atoms with E-state index in [-0.39, 0.29) is 18.2 Å². The fourth-order valence-electron chi connectivity index (χ4n) is 2.44. The molecule has 130 valence electrons. The van der Waals surface area contributed by atoms with E-state index < -0.39 is 22.0 Å². The number of nitrogens with zero attached hydrogens (tertiary/aromatic N) is 1. The van der Waals surface area contributed by atoms with E-state index in [4.69, 9.17) is 15.6 Å². The molecule has 2 amide bonds. The number of carbonyl (C=O) groups excluding carboxylic acids is 2. The lowest BCUT2D eigenvalue weighted by Gasteiger charge is -2.30. The number of carboxylic acids is 1. The summed E-state index contributed by atoms with van der Waals surface area (Å²) in [5.41, 5.74) is 6.15. The third kappa shape index (κ3) is 3.54. The monoisotopic (exact) mass is 352 g/mol. The number of amides is 2. The summed E-state index contributed by atoms with van der Waals surface area (Å²) in [7, 11) is 1.53. The molecular formula is C16H20N2O5S. The van der Waals surface area contributed by atoms with Crippen molar-refractivity contribution in [1.82, 2.24) is 0 Å². The Morgan fingerprint density at radius 3 is 2.46 bits per heavy atom. The Kier molecular flexibility index (Phi) is 5.19. The molecular weight excluding hydrogens is 332 g/mol. The van der Waals surface area contributed by atoms with Crippen molar-refractivity contribution in [3.63, 3.8) is 0 Å². The van der Waals surface area contributed by atoms with Gasteiger partial charge in [0.2, 0.25) is 11.8 Å². The normalized spacial score (nSPS) is 19.5. The molecule has 1 aliphatic heterocycles. The fourth-order valence-corrected chi connectivity index (χ4v) is 3.85. The van der Waals surface area contributed by atoms with E-state index in [9.17, 15) is 14.4 Å². The molecule has 1 aliphatic rings. The first-order valence-electron chi connectivity index (χ1n) is 7.34. The lowest BCUT2D eigenvalue weighted by atomic mass is 10.1. The van der Waals surface area contributed by atoms with Crippen molar-refractivity contribution in [2.75, 3.05) is 12.0 Å². The number of carbonyl (C=O) groups is 3. The van der Waals surface area contributed by atoms with E-state index in [0.29, 0.717) is 11.4 Å². The molecule has 7 nitrogen and oxygen atoms in total. The molecule has 3 N–H and O–H groups in total. The number of rotatable bonds is 6. The van der Waals surface area contributed by atoms with Gasteiger partial charge in [-0.2, -0.15) is 0 Å². The van der Waals surface area contributed by atoms with Gasteiger partial charge in [0.1, 0.15) is 11.8 Å². The van der Waals surface area contributed by atoms with Crippen molar-refractivity contribution in [3.05, 3.63) is 24.3 Å². The van der Waals surface area contributed by atoms with Gasteiger partial charge in [-0.05, 0) is 38.1 Å². The molecule has 0 spiro atoms. The van der Waals surface area contributed by atoms with Gasteiger partial charge >= 0.3 is 5.97 Å². The average Bonchev–Trinajstić information content (AvgIpc) is 2.80. The second kappa shape index (κ2) is 6.82. The van der Waals surface area contributed by atoms with Crippen LogP contribution in [-0.4, -0.2) is 46.0 Å². The van der Waals surface area contributed by atoms with Crippen LogP contribution in [0.4, 0.5) is 5.69 Å². The van der Waals surface area contributed by atoms with Gasteiger partial charge < -0.3 is 15.6 Å². The summed E-state index contributed by atoms with van der Waals surface area (Å²) < 4.78 is 4.17. The summed E-state index contributed by atoms with van der Waals surface area (Å²) in [6.45, 7) is 3.31. The number of carboxylic acid groups (broad SMARTS) is 1. The first kappa shape index (κ1) is 18.3. The maximum atomic E-state index is 12.6. The van der Waals surface area contributed by atoms with Gasteiger partial charge in [-0.25, -0.2) is 4.90 Å². The molecule has 0 radical (unpaired) electrons. The first-order chi connectivity index (χ1) is 11.2. The minimum absolute atomic E-state index is 0.0191. The number of nitrogens with two attached hydrogens (primary N) is 1. The van der Waals surface area contributed by atoms with Gasteiger partial charge in [0, 0.05) is 11.2 Å². The average molecular weight is 352 g/mol. The third-order valence-electron chi connectivity index (χ3n) is 3.90. The maximum Gasteiger partial charge on any atom is 0.321 e. The van der Waals surface area contributed by atoms with E-state index in [1.807, 2.05) is 0 Å². The van der Waals surface area contributed by atoms with Crippen LogP contribution in [0.2, 0.25) is 0 Å². The Bertz CT molecular complexity index is 659. The van der Waals surface area contributed by atoms with Crippen LogP contribution in [0.25, 0.3) is 0 Å². The topological polar surface area (TPSA) is 110 Å². The van der Waals surface area contributed by atoms with Gasteiger partial charge in [-0.3, -0.25) is 14.4 Å². The summed E-state index contributed by atoms with van der Waals surface area (Å²) in [4.78, 5) is 37.1. The second-order valence-electron chi connectivity index (χ2n) is 6.00. The van der Waals surface area contributed by atoms with Crippen molar-refractivity contribution in [3.8, 4) is 5.75 Å². The maximum absolute atomic E-state index is 12.6. The number of thioether (sulfide) groups is 1. The van der Waals surface area contributed by atoms with Crippen LogP contribution in [0.5, 0.6) is 5.75 Å². The third-order valence-corrected chi connectivity index (χ3v) is 5.41. The van der Waals surface area contributed by atoms with Crippen molar-refractivity contribution < 1.29 is 24.2 Å². The van der Waals surface area contributed by atoms with E-state index in [1.54, 1.807) is 38.1 Å². The molecule has 1 aromatic carbocycles. The molecule has 0 aliphatic carbocycles. The summed E-state index contributed by atoms with van der Waals surface area (Å²) in [5, 5.41) is 8.42. The summed E-state index contributed by atoms with van der Waals surface area (Å²) in [5.74, 6) is -1.20. The van der Waals surface area contributed by atoms with E-state index in [2.05, 4.69) is 0 Å². The lowest BCUT2D eigenvalue weighted by Crippen LogP contribution is -2.48. The van der Waals surface area contributed by atoms with Crippen LogP contribution in [0.3, 0.4) is 0 Å². The number of imide groups is 1. The molecule has 0 aromatic heterocycles. The summed E-state index contributed by atoms with van der Waals surface area (Å²) >= 11 is 1.12. The highest BCUT2D eigenvalue weighted by atomic mass is 32.2. The molecule has 2 unspecified atom stereocenters. The van der Waals surface area contributed by atoms with E-state index in [1.165, 1.54) is 7.11 Å². The van der Waals surface area contributed by atoms with E-state index >= 15 is 0 Å². The highest BCUT2D eigenvalue weighted by molar-refractivity contribution is 8.02. The molecule has 24 heavy (non-hydrogen) atoms. The number of ether oxygens (including phenoxy) is 1. The molecule has 1 fully saturated rings. The predicted octanol–water partition coefficient (Wildman–Crippen LogP) is 1.25. The van der Waals surface area contributed by atoms with Crippen molar-refractivity contribution in [1.29, 1.82) is 0 Å². The smallest absolute Gasteiger partial charge is 0.321 e. The van der Waals surface area contributed by atoms with Crippen molar-refractivity contribution in [2.45, 2.75) is 36.3 Å². The zero-order valence-corrected chi connectivity index (χ0v) is 14.5. The van der Waals surface area contributed by atoms with Crippen LogP contribution in [-0.2, 0) is 14.4 Å². The highest BCUT2D eigenvalue weighted by Crippen LogP contribution is 2.38. The fraction of sp³-hybridized carbons (Fsp3) is 0.438. The minimum atomic E-state index is -1.14. The van der Waals surface area contributed by atoms with Crippen LogP contribution in [0, 0.1) is 0 Å². The van der Waals surface area contributed by atoms with Crippen LogP contribution >= 0.6 is 11.8 Å². The lowest BCUT2D eigenvalue weighted by molar-refractivity contribution is -0.139. The molecule has 1 heterocycles. The Balaban J connectivity index is 2.17. The van der Waals surface area contributed by atoms with Gasteiger partial charge in [-0.1, -0.05) is 0 Å². The SMILES string of the molecule is COc1ccc(N2C(=O)CC(SC(C)(C)C(N)C(=O)O)C2=O)cc1. The van der Waals surface area contributed by atoms with Gasteiger partial charge in [0.25, 0.3) is 0 Å². The largest absolute Gasteiger partial charge is 0.497 e. The number of methoxy groups -OCH3 is 1. The van der Waals surface area contributed by atoms with Gasteiger partial charge in [-0.15, -0.1) is 11.8 Å². The summed E-state index contributed by atoms with van der Waals surface area (Å²) in [6, 6.07) is 5.47. The van der Waals surface area contributed by atoms with Crippen molar-refractivity contribution in [2.24, 2.45) is 5.73 Å². The Morgan fingerprint density at radius 2 is 1.96 bits per heavy atom. The standard InChI is InChI=1S/C16H20N2O5S/c1-16(2,13(17)15(21)22)24-11-8-12(19)18(14(11)20)9-4-6-10(23-3)7-5-9/h4-7,11,13H,8,17H2,1-3H3,(H,21,22). The molecule has 0 saturated carbocycles. The highest BCUT2D eigenvalue weighted by Gasteiger charge is 2.45. The number of hydrogen-bond donors (Lipinski definition) is 2. The number of benzene rings is 1. The Labute approximate surface area is 144 Å². The Morgan fingerprint density at radius 1 is 1.38 bits per heavy atom. The van der Waals surface area contributed by atoms with E-state index in [0.717, 1.165) is 16.7 Å². The zero-order chi connectivity index (χ0) is 18.1. The van der Waals surface area contributed by atoms with Gasteiger partial charge in [0.15, 0.2) is 0 Å². The quantitative estimate of drug-likeness (QED) is 0.741. The number of anilines is 1. The van der Waals surface area contributed by atoms with Crippen LogP contribution in [0.15, 0.2) is 24.3 Å².